The summed E-state index contributed by atoms with van der Waals surface area (Å²) in [5.74, 6) is -0.310. The maximum atomic E-state index is 12.7. The van der Waals surface area contributed by atoms with Crippen LogP contribution in [0.1, 0.15) is 111 Å². The Labute approximate surface area is 304 Å². The molecule has 2 aliphatic heterocycles. The molecule has 52 heavy (non-hydrogen) atoms. The lowest BCUT2D eigenvalue weighted by Gasteiger charge is -2.10. The Hall–Kier alpha value is -4.62. The Morgan fingerprint density at radius 3 is 1.48 bits per heavy atom. The van der Waals surface area contributed by atoms with Gasteiger partial charge in [-0.3, -0.25) is 9.59 Å². The summed E-state index contributed by atoms with van der Waals surface area (Å²) >= 11 is 0. The van der Waals surface area contributed by atoms with Crippen LogP contribution in [0.4, 0.5) is 0 Å². The van der Waals surface area contributed by atoms with E-state index < -0.39 is 0 Å². The molecule has 6 N–H and O–H groups in total. The number of carbonyl (C=O) groups excluding carboxylic acids is 2. The minimum atomic E-state index is -0.207. The number of aromatic amines is 2. The number of methoxy groups -OCH3 is 2. The number of aromatic nitrogens is 4. The average Bonchev–Trinajstić information content (AvgIpc) is 3.80. The Balaban J connectivity index is 1.84. The number of nitrogens with one attached hydrogen (secondary N) is 4. The molecule has 0 saturated carbocycles. The number of H-pyrrole nitrogens is 2. The summed E-state index contributed by atoms with van der Waals surface area (Å²) < 4.78 is 11.7. The van der Waals surface area contributed by atoms with Crippen molar-refractivity contribution < 1.29 is 29.3 Å². The predicted octanol–water partition coefficient (Wildman–Crippen LogP) is 5.99. The molecule has 3 aromatic heterocycles. The number of rotatable bonds is 14. The zero-order valence-corrected chi connectivity index (χ0v) is 31.5. The first-order valence-electron chi connectivity index (χ1n) is 17.9. The molecule has 0 spiro atoms. The monoisotopic (exact) mass is 712 g/mol. The van der Waals surface area contributed by atoms with Gasteiger partial charge < -0.3 is 40.3 Å². The first kappa shape index (κ1) is 38.6. The Morgan fingerprint density at radius 1 is 0.654 bits per heavy atom. The summed E-state index contributed by atoms with van der Waals surface area (Å²) in [6, 6.07) is 8.18. The smallest absolute Gasteiger partial charge is 0.220 e. The van der Waals surface area contributed by atoms with E-state index in [9.17, 15) is 19.8 Å². The van der Waals surface area contributed by atoms with E-state index in [1.165, 1.54) is 0 Å². The second kappa shape index (κ2) is 16.8. The largest absolute Gasteiger partial charge is 0.395 e. The number of amides is 2. The van der Waals surface area contributed by atoms with Gasteiger partial charge in [0, 0.05) is 73.3 Å². The van der Waals surface area contributed by atoms with Gasteiger partial charge in [0.15, 0.2) is 0 Å². The fourth-order valence-corrected chi connectivity index (χ4v) is 7.10. The standard InChI is InChI=1S/C40H52N6O6/c1-21-27(9-11-37(49)41-13-15-47)33-20-34-28(10-12-38(50)42-14-16-48)22(2)30(44-34)18-35-40(26(6)52-8)24(4)32(46-35)19-36-39(25(5)51-7)23(3)31(45-36)17-29(21)43-33/h17-20,25-26,45-48H,9-16H2,1-8H3,(H,41,49)(H,42,50). The van der Waals surface area contributed by atoms with Crippen molar-refractivity contribution in [3.8, 4) is 0 Å². The van der Waals surface area contributed by atoms with Gasteiger partial charge >= 0.3 is 0 Å². The van der Waals surface area contributed by atoms with Gasteiger partial charge in [-0.2, -0.15) is 0 Å². The number of allylic oxidation sites excluding steroid dienone is 4. The second-order valence-electron chi connectivity index (χ2n) is 13.4. The molecule has 5 rings (SSSR count). The van der Waals surface area contributed by atoms with Crippen molar-refractivity contribution in [3.05, 3.63) is 69.3 Å². The zero-order chi connectivity index (χ0) is 37.7. The number of nitrogens with zero attached hydrogens (tertiary/aromatic N) is 2. The molecule has 0 saturated heterocycles. The second-order valence-corrected chi connectivity index (χ2v) is 13.4. The zero-order valence-electron chi connectivity index (χ0n) is 31.5. The third-order valence-corrected chi connectivity index (χ3v) is 10.2. The predicted molar refractivity (Wildman–Crippen MR) is 205 cm³/mol. The van der Waals surface area contributed by atoms with Crippen LogP contribution in [0.5, 0.6) is 0 Å². The number of hydrogen-bond acceptors (Lipinski definition) is 8. The van der Waals surface area contributed by atoms with Gasteiger partial charge in [0.05, 0.1) is 48.2 Å². The fraction of sp³-hybridized carbons (Fsp3) is 0.450. The minimum absolute atomic E-state index is 0.128. The van der Waals surface area contributed by atoms with Gasteiger partial charge in [-0.1, -0.05) is 0 Å². The van der Waals surface area contributed by atoms with Crippen molar-refractivity contribution >= 4 is 56.2 Å². The molecule has 278 valence electrons. The molecule has 0 aromatic carbocycles. The SMILES string of the molecule is COC(C)c1c(C)c2cc3[nH]c(cc4nc(cc5nc(cc1[nH]2)C(C)=C5CCC(=O)NCCO)C(CCC(=O)NCCO)=C4C)c(C)c3C(C)OC. The molecule has 0 aliphatic carbocycles. The highest BCUT2D eigenvalue weighted by Crippen LogP contribution is 2.39. The number of fused-ring (bicyclic) bond motifs is 8. The van der Waals surface area contributed by atoms with E-state index in [0.717, 1.165) is 78.0 Å². The van der Waals surface area contributed by atoms with E-state index in [0.29, 0.717) is 24.2 Å². The van der Waals surface area contributed by atoms with Crippen LogP contribution >= 0.6 is 0 Å². The van der Waals surface area contributed by atoms with E-state index in [1.54, 1.807) is 14.2 Å². The first-order valence-corrected chi connectivity index (χ1v) is 17.9. The highest BCUT2D eigenvalue weighted by molar-refractivity contribution is 5.97. The van der Waals surface area contributed by atoms with E-state index in [-0.39, 0.29) is 63.2 Å². The van der Waals surface area contributed by atoms with E-state index in [2.05, 4.69) is 40.5 Å². The lowest BCUT2D eigenvalue weighted by Crippen LogP contribution is -2.26. The summed E-state index contributed by atoms with van der Waals surface area (Å²) in [5.41, 5.74) is 14.5. The molecule has 0 fully saturated rings. The Morgan fingerprint density at radius 2 is 1.06 bits per heavy atom. The molecule has 0 radical (unpaired) electrons. The summed E-state index contributed by atoms with van der Waals surface area (Å²) in [4.78, 5) is 43.0. The molecule has 12 nitrogen and oxygen atoms in total. The minimum Gasteiger partial charge on any atom is -0.395 e. The number of aryl methyl sites for hydroxylation is 2. The molecule has 2 atom stereocenters. The average molecular weight is 713 g/mol. The molecular weight excluding hydrogens is 660 g/mol. The van der Waals surface area contributed by atoms with E-state index in [1.807, 2.05) is 45.9 Å². The number of aliphatic hydroxyl groups is 2. The molecule has 2 unspecified atom stereocenters. The molecule has 5 heterocycles. The molecule has 2 aliphatic rings. The molecule has 8 bridgehead atoms. The highest BCUT2D eigenvalue weighted by Gasteiger charge is 2.24. The fourth-order valence-electron chi connectivity index (χ4n) is 7.10. The van der Waals surface area contributed by atoms with Gasteiger partial charge in [0.25, 0.3) is 0 Å². The maximum absolute atomic E-state index is 12.7. The van der Waals surface area contributed by atoms with Crippen molar-refractivity contribution in [2.75, 3.05) is 40.5 Å². The van der Waals surface area contributed by atoms with Crippen LogP contribution in [0.3, 0.4) is 0 Å². The highest BCUT2D eigenvalue weighted by atomic mass is 16.5. The number of hydrogen-bond donors (Lipinski definition) is 6. The Bertz CT molecular complexity index is 2070. The van der Waals surface area contributed by atoms with Crippen LogP contribution in [0.2, 0.25) is 0 Å². The first-order chi connectivity index (χ1) is 24.9. The van der Waals surface area contributed by atoms with Crippen LogP contribution in [0, 0.1) is 13.8 Å². The molecule has 2 amide bonds. The molecular formula is C40H52N6O6. The maximum Gasteiger partial charge on any atom is 0.220 e. The van der Waals surface area contributed by atoms with Gasteiger partial charge in [0.2, 0.25) is 11.8 Å². The van der Waals surface area contributed by atoms with Crippen LogP contribution in [-0.2, 0) is 19.1 Å². The van der Waals surface area contributed by atoms with Crippen molar-refractivity contribution in [1.82, 2.24) is 30.6 Å². The summed E-state index contributed by atoms with van der Waals surface area (Å²) in [6.45, 7) is 12.4. The van der Waals surface area contributed by atoms with Crippen LogP contribution in [-0.4, -0.2) is 82.5 Å². The van der Waals surface area contributed by atoms with Crippen LogP contribution in [0.25, 0.3) is 44.4 Å². The third-order valence-electron chi connectivity index (χ3n) is 10.2. The Kier molecular flexibility index (Phi) is 12.5. The van der Waals surface area contributed by atoms with E-state index in [4.69, 9.17) is 19.4 Å². The van der Waals surface area contributed by atoms with Crippen molar-refractivity contribution in [1.29, 1.82) is 0 Å². The normalized spacial score (nSPS) is 14.2. The molecule has 3 aromatic rings. The van der Waals surface area contributed by atoms with Crippen LogP contribution < -0.4 is 10.6 Å². The van der Waals surface area contributed by atoms with Crippen molar-refractivity contribution in [2.45, 2.75) is 79.4 Å². The van der Waals surface area contributed by atoms with Gasteiger partial charge in [-0.15, -0.1) is 0 Å². The lowest BCUT2D eigenvalue weighted by molar-refractivity contribution is -0.121. The number of ether oxygens (including phenoxy) is 2. The van der Waals surface area contributed by atoms with Crippen LogP contribution in [0.15, 0.2) is 24.3 Å². The summed E-state index contributed by atoms with van der Waals surface area (Å²) in [7, 11) is 3.41. The number of aliphatic hydroxyl groups excluding tert-OH is 2. The van der Waals surface area contributed by atoms with Crippen molar-refractivity contribution in [3.63, 3.8) is 0 Å². The molecule has 12 heteroatoms. The third kappa shape index (κ3) is 8.05. The van der Waals surface area contributed by atoms with E-state index >= 15 is 0 Å². The summed E-state index contributed by atoms with van der Waals surface area (Å²) in [5, 5.41) is 23.9. The quantitative estimate of drug-likeness (QED) is 0.118. The van der Waals surface area contributed by atoms with Gasteiger partial charge in [-0.05, 0) is 112 Å². The summed E-state index contributed by atoms with van der Waals surface area (Å²) in [6.07, 6.45) is 0.921. The van der Waals surface area contributed by atoms with Crippen molar-refractivity contribution in [2.24, 2.45) is 0 Å². The lowest BCUT2D eigenvalue weighted by atomic mass is 9.98. The van der Waals surface area contributed by atoms with Gasteiger partial charge in [0.1, 0.15) is 0 Å². The topological polar surface area (TPSA) is 174 Å². The van der Waals surface area contributed by atoms with Gasteiger partial charge in [-0.25, -0.2) is 9.97 Å². The number of carbonyl (C=O) groups is 2.